The van der Waals surface area contributed by atoms with E-state index in [0.717, 1.165) is 28.7 Å². The van der Waals surface area contributed by atoms with Gasteiger partial charge < -0.3 is 9.30 Å². The smallest absolute Gasteiger partial charge is 0.325 e. The van der Waals surface area contributed by atoms with Crippen LogP contribution in [0.25, 0.3) is 16.3 Å². The number of esters is 1. The fourth-order valence-corrected chi connectivity index (χ4v) is 4.21. The Labute approximate surface area is 175 Å². The number of amides is 1. The number of hydrogen-bond acceptors (Lipinski definition) is 9. The van der Waals surface area contributed by atoms with Crippen LogP contribution in [0.2, 0.25) is 0 Å². The van der Waals surface area contributed by atoms with E-state index in [1.807, 2.05) is 0 Å². The molecule has 11 nitrogen and oxygen atoms in total. The molecule has 0 bridgehead atoms. The molecule has 0 unspecified atom stereocenters. The molecule has 0 saturated heterocycles. The number of nitro groups is 2. The van der Waals surface area contributed by atoms with E-state index in [-0.39, 0.29) is 22.0 Å². The fraction of sp³-hybridized carbons (Fsp3) is 0.118. The second-order valence-corrected chi connectivity index (χ2v) is 7.78. The number of non-ortho nitro benzene ring substituents is 1. The standard InChI is InChI=1S/C17H12N4O7S2/c1-28-16(23)9-19-12-5-2-10(20(24)25)8-13(12)30-17(19)18-14(22)6-3-11-4-7-15(29-11)21(26)27/h2-8H,9H2,1H3. The Hall–Kier alpha value is -3.71. The highest BCUT2D eigenvalue weighted by atomic mass is 32.1. The summed E-state index contributed by atoms with van der Waals surface area (Å²) in [6, 6.07) is 6.92. The Morgan fingerprint density at radius 2 is 1.93 bits per heavy atom. The number of methoxy groups -OCH3 is 1. The maximum atomic E-state index is 12.3. The van der Waals surface area contributed by atoms with Gasteiger partial charge in [-0.05, 0) is 18.2 Å². The van der Waals surface area contributed by atoms with Gasteiger partial charge in [0, 0.05) is 29.2 Å². The summed E-state index contributed by atoms with van der Waals surface area (Å²) in [6.07, 6.45) is 2.54. The number of nitro benzene ring substituents is 1. The first-order chi connectivity index (χ1) is 14.3. The van der Waals surface area contributed by atoms with Crippen molar-refractivity contribution >= 4 is 61.5 Å². The summed E-state index contributed by atoms with van der Waals surface area (Å²) in [5.74, 6) is -1.24. The Balaban J connectivity index is 1.99. The highest BCUT2D eigenvalue weighted by Crippen LogP contribution is 2.25. The van der Waals surface area contributed by atoms with Crippen LogP contribution in [0.3, 0.4) is 0 Å². The summed E-state index contributed by atoms with van der Waals surface area (Å²) in [5.41, 5.74) is 0.353. The van der Waals surface area contributed by atoms with Crippen molar-refractivity contribution in [2.45, 2.75) is 6.54 Å². The summed E-state index contributed by atoms with van der Waals surface area (Å²) < 4.78 is 6.56. The predicted octanol–water partition coefficient (Wildman–Crippen LogP) is 2.89. The zero-order chi connectivity index (χ0) is 21.8. The van der Waals surface area contributed by atoms with Crippen LogP contribution in [0, 0.1) is 20.2 Å². The van der Waals surface area contributed by atoms with Crippen molar-refractivity contribution in [3.63, 3.8) is 0 Å². The molecule has 3 rings (SSSR count). The van der Waals surface area contributed by atoms with Crippen molar-refractivity contribution in [3.05, 3.63) is 66.3 Å². The molecule has 154 valence electrons. The van der Waals surface area contributed by atoms with Crippen molar-refractivity contribution in [2.24, 2.45) is 4.99 Å². The average molecular weight is 448 g/mol. The molecular formula is C17H12N4O7S2. The van der Waals surface area contributed by atoms with Gasteiger partial charge in [-0.25, -0.2) is 0 Å². The van der Waals surface area contributed by atoms with E-state index >= 15 is 0 Å². The van der Waals surface area contributed by atoms with E-state index < -0.39 is 21.7 Å². The molecular weight excluding hydrogens is 436 g/mol. The topological polar surface area (TPSA) is 147 Å². The van der Waals surface area contributed by atoms with Crippen LogP contribution in [0.1, 0.15) is 4.88 Å². The summed E-state index contributed by atoms with van der Waals surface area (Å²) >= 11 is 1.91. The largest absolute Gasteiger partial charge is 0.468 e. The summed E-state index contributed by atoms with van der Waals surface area (Å²) in [4.78, 5) is 49.3. The minimum absolute atomic E-state index is 0.0546. The Bertz CT molecular complexity index is 1270. The zero-order valence-corrected chi connectivity index (χ0v) is 16.8. The first-order valence-electron chi connectivity index (χ1n) is 8.14. The highest BCUT2D eigenvalue weighted by Gasteiger charge is 2.15. The number of carbonyl (C=O) groups excluding carboxylic acids is 2. The summed E-state index contributed by atoms with van der Waals surface area (Å²) in [5, 5.41) is 21.7. The van der Waals surface area contributed by atoms with Crippen LogP contribution in [-0.4, -0.2) is 33.4 Å². The molecule has 30 heavy (non-hydrogen) atoms. The molecule has 0 radical (unpaired) electrons. The number of benzene rings is 1. The van der Waals surface area contributed by atoms with Crippen molar-refractivity contribution < 1.29 is 24.2 Å². The van der Waals surface area contributed by atoms with Crippen molar-refractivity contribution in [2.75, 3.05) is 7.11 Å². The molecule has 3 aromatic rings. The Morgan fingerprint density at radius 1 is 1.17 bits per heavy atom. The molecule has 0 aliphatic heterocycles. The number of thiophene rings is 1. The zero-order valence-electron chi connectivity index (χ0n) is 15.2. The number of hydrogen-bond donors (Lipinski definition) is 0. The van der Waals surface area contributed by atoms with Crippen LogP contribution in [0.5, 0.6) is 0 Å². The van der Waals surface area contributed by atoms with Gasteiger partial charge in [-0.1, -0.05) is 22.7 Å². The van der Waals surface area contributed by atoms with Crippen molar-refractivity contribution in [3.8, 4) is 0 Å². The summed E-state index contributed by atoms with van der Waals surface area (Å²) in [7, 11) is 1.22. The van der Waals surface area contributed by atoms with E-state index in [9.17, 15) is 29.8 Å². The highest BCUT2D eigenvalue weighted by molar-refractivity contribution is 7.16. The summed E-state index contributed by atoms with van der Waals surface area (Å²) in [6.45, 7) is -0.235. The Morgan fingerprint density at radius 3 is 2.57 bits per heavy atom. The molecule has 0 atom stereocenters. The van der Waals surface area contributed by atoms with Gasteiger partial charge in [-0.2, -0.15) is 4.99 Å². The Kier molecular flexibility index (Phi) is 6.13. The monoisotopic (exact) mass is 448 g/mol. The van der Waals surface area contributed by atoms with E-state index in [0.29, 0.717) is 15.1 Å². The second-order valence-electron chi connectivity index (χ2n) is 5.67. The van der Waals surface area contributed by atoms with Gasteiger partial charge in [0.25, 0.3) is 11.6 Å². The molecule has 2 heterocycles. The number of carbonyl (C=O) groups is 2. The van der Waals surface area contributed by atoms with E-state index in [1.54, 1.807) is 0 Å². The normalized spacial score (nSPS) is 11.8. The molecule has 13 heteroatoms. The number of ether oxygens (including phenoxy) is 1. The lowest BCUT2D eigenvalue weighted by atomic mass is 10.3. The van der Waals surface area contributed by atoms with Gasteiger partial charge in [0.05, 0.1) is 27.2 Å². The van der Waals surface area contributed by atoms with Gasteiger partial charge in [0.1, 0.15) is 6.54 Å². The van der Waals surface area contributed by atoms with Gasteiger partial charge >= 0.3 is 11.0 Å². The molecule has 1 aromatic carbocycles. The molecule has 0 spiro atoms. The number of nitrogens with zero attached hydrogens (tertiary/aromatic N) is 4. The lowest BCUT2D eigenvalue weighted by Crippen LogP contribution is -2.22. The van der Waals surface area contributed by atoms with Gasteiger partial charge in [-0.3, -0.25) is 29.8 Å². The number of rotatable bonds is 6. The molecule has 2 aromatic heterocycles. The van der Waals surface area contributed by atoms with E-state index in [1.165, 1.54) is 48.1 Å². The first kappa shape index (κ1) is 21.0. The third kappa shape index (κ3) is 4.64. The minimum Gasteiger partial charge on any atom is -0.468 e. The van der Waals surface area contributed by atoms with Crippen molar-refractivity contribution in [1.29, 1.82) is 0 Å². The number of thiazole rings is 1. The quantitative estimate of drug-likeness (QED) is 0.244. The van der Waals surface area contributed by atoms with Gasteiger partial charge in [0.15, 0.2) is 4.80 Å². The van der Waals surface area contributed by atoms with E-state index in [2.05, 4.69) is 9.73 Å². The first-order valence-corrected chi connectivity index (χ1v) is 9.77. The van der Waals surface area contributed by atoms with Crippen molar-refractivity contribution in [1.82, 2.24) is 4.57 Å². The van der Waals surface area contributed by atoms with Gasteiger partial charge in [-0.15, -0.1) is 0 Å². The minimum atomic E-state index is -0.661. The van der Waals surface area contributed by atoms with Crippen LogP contribution < -0.4 is 4.80 Å². The molecule has 1 amide bonds. The van der Waals surface area contributed by atoms with Crippen LogP contribution in [0.15, 0.2) is 41.4 Å². The average Bonchev–Trinajstić information content (AvgIpc) is 3.31. The third-order valence-corrected chi connectivity index (χ3v) is 5.82. The molecule has 0 N–H and O–H groups in total. The fourth-order valence-electron chi connectivity index (χ4n) is 2.42. The maximum absolute atomic E-state index is 12.3. The predicted molar refractivity (Wildman–Crippen MR) is 109 cm³/mol. The van der Waals surface area contributed by atoms with E-state index in [4.69, 9.17) is 0 Å². The SMILES string of the molecule is COC(=O)Cn1c(=NC(=O)C=Cc2ccc([N+](=O)[O-])s2)sc2cc([N+](=O)[O-])ccc21. The lowest BCUT2D eigenvalue weighted by Gasteiger charge is -2.03. The number of aromatic nitrogens is 1. The number of fused-ring (bicyclic) bond motifs is 1. The molecule has 0 saturated carbocycles. The lowest BCUT2D eigenvalue weighted by molar-refractivity contribution is -0.384. The van der Waals surface area contributed by atoms with Crippen LogP contribution in [0.4, 0.5) is 10.7 Å². The van der Waals surface area contributed by atoms with Gasteiger partial charge in [0.2, 0.25) is 0 Å². The molecule has 0 aliphatic carbocycles. The third-order valence-electron chi connectivity index (χ3n) is 3.78. The molecule has 0 fully saturated rings. The second kappa shape index (κ2) is 8.75. The van der Waals surface area contributed by atoms with Crippen LogP contribution in [-0.2, 0) is 20.9 Å². The molecule has 0 aliphatic rings. The maximum Gasteiger partial charge on any atom is 0.325 e. The van der Waals surface area contributed by atoms with Crippen LogP contribution >= 0.6 is 22.7 Å².